The van der Waals surface area contributed by atoms with Crippen LogP contribution in [0.3, 0.4) is 0 Å². The van der Waals surface area contributed by atoms with Crippen LogP contribution in [0.25, 0.3) is 11.3 Å². The van der Waals surface area contributed by atoms with Crippen molar-refractivity contribution in [1.29, 1.82) is 0 Å². The van der Waals surface area contributed by atoms with Gasteiger partial charge in [0.25, 0.3) is 5.91 Å². The van der Waals surface area contributed by atoms with E-state index in [-0.39, 0.29) is 24.1 Å². The summed E-state index contributed by atoms with van der Waals surface area (Å²) in [5.41, 5.74) is 6.77. The molecular formula is C25H29F2N5O2. The van der Waals surface area contributed by atoms with Gasteiger partial charge in [0, 0.05) is 23.6 Å². The monoisotopic (exact) mass is 469 g/mol. The Bertz CT molecular complexity index is 1160. The molecule has 3 fully saturated rings. The minimum absolute atomic E-state index is 0.125. The summed E-state index contributed by atoms with van der Waals surface area (Å²) in [5.74, 6) is -0.330. The third-order valence-electron chi connectivity index (χ3n) is 8.53. The Kier molecular flexibility index (Phi) is 4.93. The molecule has 1 aromatic heterocycles. The summed E-state index contributed by atoms with van der Waals surface area (Å²) in [7, 11) is 0. The van der Waals surface area contributed by atoms with Crippen LogP contribution < -0.4 is 11.1 Å². The van der Waals surface area contributed by atoms with Crippen molar-refractivity contribution in [2.75, 3.05) is 6.54 Å². The fourth-order valence-corrected chi connectivity index (χ4v) is 7.23. The van der Waals surface area contributed by atoms with Gasteiger partial charge in [0.2, 0.25) is 0 Å². The van der Waals surface area contributed by atoms with Crippen LogP contribution in [0.2, 0.25) is 0 Å². The lowest BCUT2D eigenvalue weighted by molar-refractivity contribution is -0.0591. The molecule has 6 rings (SSSR count). The first-order valence-corrected chi connectivity index (χ1v) is 12.2. The minimum Gasteiger partial charge on any atom is -0.365 e. The molecule has 3 N–H and O–H groups in total. The predicted octanol–water partition coefficient (Wildman–Crippen LogP) is 3.62. The van der Waals surface area contributed by atoms with E-state index in [0.717, 1.165) is 32.1 Å². The number of benzene rings is 1. The third kappa shape index (κ3) is 3.39. The molecule has 180 valence electrons. The number of hydrogen-bond acceptors (Lipinski definition) is 3. The highest BCUT2D eigenvalue weighted by molar-refractivity contribution is 6.00. The van der Waals surface area contributed by atoms with E-state index < -0.39 is 23.4 Å². The number of carbonyl (C=O) groups is 2. The largest absolute Gasteiger partial charge is 0.365 e. The Labute approximate surface area is 196 Å². The van der Waals surface area contributed by atoms with E-state index in [1.165, 1.54) is 12.1 Å². The van der Waals surface area contributed by atoms with Crippen LogP contribution in [0.4, 0.5) is 13.6 Å². The van der Waals surface area contributed by atoms with Crippen LogP contribution in [0.1, 0.15) is 54.6 Å². The molecule has 5 unspecified atom stereocenters. The van der Waals surface area contributed by atoms with E-state index >= 15 is 4.39 Å². The fourth-order valence-electron chi connectivity index (χ4n) is 7.23. The third-order valence-corrected chi connectivity index (χ3v) is 8.53. The van der Waals surface area contributed by atoms with Gasteiger partial charge >= 0.3 is 6.03 Å². The number of aromatic nitrogens is 2. The van der Waals surface area contributed by atoms with Gasteiger partial charge in [-0.05, 0) is 62.5 Å². The van der Waals surface area contributed by atoms with E-state index in [1.54, 1.807) is 21.7 Å². The predicted molar refractivity (Wildman–Crippen MR) is 121 cm³/mol. The van der Waals surface area contributed by atoms with Gasteiger partial charge in [-0.15, -0.1) is 0 Å². The Hall–Kier alpha value is -2.97. The van der Waals surface area contributed by atoms with Gasteiger partial charge in [-0.25, -0.2) is 13.6 Å². The molecule has 0 radical (unpaired) electrons. The number of nitrogens with zero attached hydrogens (tertiary/aromatic N) is 3. The SMILES string of the molecule is NC(=O)c1c(-c2cccc(F)c2)nn2c1CN(C(=O)NC13CC4CCC1C(F)CC(C4)C3)CC2. The molecule has 9 heteroatoms. The second-order valence-corrected chi connectivity index (χ2v) is 10.6. The summed E-state index contributed by atoms with van der Waals surface area (Å²) in [5, 5.41) is 7.80. The highest BCUT2D eigenvalue weighted by Gasteiger charge is 2.56. The number of halogens is 2. The number of amides is 3. The maximum absolute atomic E-state index is 15.0. The molecule has 3 saturated carbocycles. The number of urea groups is 1. The van der Waals surface area contributed by atoms with Crippen molar-refractivity contribution in [2.24, 2.45) is 23.5 Å². The molecular weight excluding hydrogens is 440 g/mol. The Morgan fingerprint density at radius 3 is 2.76 bits per heavy atom. The molecule has 5 atom stereocenters. The first-order valence-electron chi connectivity index (χ1n) is 12.2. The smallest absolute Gasteiger partial charge is 0.318 e. The first kappa shape index (κ1) is 21.6. The molecule has 2 aromatic rings. The lowest BCUT2D eigenvalue weighted by Crippen LogP contribution is -2.66. The zero-order valence-electron chi connectivity index (χ0n) is 19.0. The molecule has 3 amide bonds. The van der Waals surface area contributed by atoms with Gasteiger partial charge in [-0.1, -0.05) is 12.1 Å². The van der Waals surface area contributed by atoms with Crippen molar-refractivity contribution in [1.82, 2.24) is 20.0 Å². The molecule has 7 nitrogen and oxygen atoms in total. The number of fused-ring (bicyclic) bond motifs is 3. The summed E-state index contributed by atoms with van der Waals surface area (Å²) >= 11 is 0. The van der Waals surface area contributed by atoms with Crippen molar-refractivity contribution in [3.63, 3.8) is 0 Å². The molecule has 3 aliphatic carbocycles. The first-order chi connectivity index (χ1) is 16.3. The van der Waals surface area contributed by atoms with Crippen LogP contribution in [0.5, 0.6) is 0 Å². The maximum Gasteiger partial charge on any atom is 0.318 e. The van der Waals surface area contributed by atoms with Crippen LogP contribution in [-0.2, 0) is 13.1 Å². The van der Waals surface area contributed by atoms with E-state index in [1.807, 2.05) is 0 Å². The lowest BCUT2D eigenvalue weighted by Gasteiger charge is -2.58. The molecule has 4 aliphatic rings. The van der Waals surface area contributed by atoms with Gasteiger partial charge in [-0.2, -0.15) is 5.10 Å². The molecule has 34 heavy (non-hydrogen) atoms. The number of rotatable bonds is 3. The summed E-state index contributed by atoms with van der Waals surface area (Å²) in [6.45, 7) is 0.971. The normalized spacial score (nSPS) is 31.8. The minimum atomic E-state index is -0.863. The van der Waals surface area contributed by atoms with Crippen molar-refractivity contribution in [2.45, 2.75) is 63.3 Å². The topological polar surface area (TPSA) is 93.2 Å². The molecule has 0 spiro atoms. The van der Waals surface area contributed by atoms with Crippen molar-refractivity contribution in [3.8, 4) is 11.3 Å². The van der Waals surface area contributed by atoms with Gasteiger partial charge in [0.1, 0.15) is 17.7 Å². The molecule has 1 aromatic carbocycles. The van der Waals surface area contributed by atoms with Crippen LogP contribution in [0.15, 0.2) is 24.3 Å². The fraction of sp³-hybridized carbons (Fsp3) is 0.560. The quantitative estimate of drug-likeness (QED) is 0.719. The second-order valence-electron chi connectivity index (χ2n) is 10.6. The number of nitrogens with one attached hydrogen (secondary N) is 1. The number of carbonyl (C=O) groups excluding carboxylic acids is 2. The van der Waals surface area contributed by atoms with Crippen molar-refractivity contribution >= 4 is 11.9 Å². The highest BCUT2D eigenvalue weighted by atomic mass is 19.1. The standard InChI is InChI=1S/C25H29F2N5O2/c26-17-3-1-2-16(10-17)22-21(23(28)33)20-13-31(6-7-32(20)30-22)24(34)29-25-11-14-4-5-18(25)19(27)9-15(8-14)12-25/h1-3,10,14-15,18-19H,4-9,11-13H2,(H2,28,33)(H,29,34). The molecule has 3 bridgehead atoms. The summed E-state index contributed by atoms with van der Waals surface area (Å²) in [4.78, 5) is 27.5. The number of hydrogen-bond donors (Lipinski definition) is 2. The second kappa shape index (κ2) is 7.78. The van der Waals surface area contributed by atoms with Crippen LogP contribution in [-0.4, -0.2) is 44.9 Å². The van der Waals surface area contributed by atoms with Crippen LogP contribution in [0, 0.1) is 23.6 Å². The van der Waals surface area contributed by atoms with Gasteiger partial charge in [0.05, 0.1) is 24.3 Å². The molecule has 0 saturated heterocycles. The maximum atomic E-state index is 15.0. The molecule has 2 heterocycles. The zero-order valence-corrected chi connectivity index (χ0v) is 19.0. The highest BCUT2D eigenvalue weighted by Crippen LogP contribution is 2.55. The van der Waals surface area contributed by atoms with E-state index in [2.05, 4.69) is 10.4 Å². The van der Waals surface area contributed by atoms with E-state index in [9.17, 15) is 14.0 Å². The number of alkyl halides is 1. The van der Waals surface area contributed by atoms with Gasteiger partial charge in [-0.3, -0.25) is 9.48 Å². The average molecular weight is 470 g/mol. The Morgan fingerprint density at radius 1 is 1.15 bits per heavy atom. The van der Waals surface area contributed by atoms with Gasteiger partial charge < -0.3 is 16.0 Å². The van der Waals surface area contributed by atoms with E-state index in [4.69, 9.17) is 5.73 Å². The lowest BCUT2D eigenvalue weighted by atomic mass is 9.53. The number of primary amides is 1. The van der Waals surface area contributed by atoms with Crippen molar-refractivity contribution in [3.05, 3.63) is 41.3 Å². The number of nitrogens with two attached hydrogens (primary N) is 1. The molecule has 1 aliphatic heterocycles. The van der Waals surface area contributed by atoms with Gasteiger partial charge in [0.15, 0.2) is 0 Å². The summed E-state index contributed by atoms with van der Waals surface area (Å²) in [6, 6.07) is 5.65. The average Bonchev–Trinajstić information content (AvgIpc) is 3.17. The van der Waals surface area contributed by atoms with Crippen molar-refractivity contribution < 1.29 is 18.4 Å². The summed E-state index contributed by atoms with van der Waals surface area (Å²) in [6.07, 6.45) is 4.40. The zero-order chi connectivity index (χ0) is 23.6. The van der Waals surface area contributed by atoms with E-state index in [0.29, 0.717) is 48.3 Å². The Balaban J connectivity index is 1.27. The van der Waals surface area contributed by atoms with Crippen LogP contribution >= 0.6 is 0 Å². The summed E-state index contributed by atoms with van der Waals surface area (Å²) < 4.78 is 30.5. The Morgan fingerprint density at radius 2 is 1.97 bits per heavy atom.